The molecule has 3 saturated heterocycles. The number of carbonyl (C=O) groups excluding carboxylic acids is 1. The molecule has 2 bridgehead atoms. The van der Waals surface area contributed by atoms with E-state index in [1.54, 1.807) is 7.11 Å². The molecular formula is C22H32N2O2. The Morgan fingerprint density at radius 2 is 1.81 bits per heavy atom. The Hall–Kier alpha value is -1.55. The van der Waals surface area contributed by atoms with Gasteiger partial charge in [-0.25, -0.2) is 0 Å². The van der Waals surface area contributed by atoms with Crippen molar-refractivity contribution in [3.05, 3.63) is 29.8 Å². The maximum absolute atomic E-state index is 13.2. The van der Waals surface area contributed by atoms with Crippen molar-refractivity contribution < 1.29 is 9.53 Å². The zero-order valence-corrected chi connectivity index (χ0v) is 16.0. The Balaban J connectivity index is 1.46. The first-order valence-electron chi connectivity index (χ1n) is 10.4. The van der Waals surface area contributed by atoms with E-state index in [-0.39, 0.29) is 6.04 Å². The molecule has 0 spiro atoms. The van der Waals surface area contributed by atoms with Gasteiger partial charge in [0, 0.05) is 25.0 Å². The third-order valence-electron chi connectivity index (χ3n) is 6.61. The van der Waals surface area contributed by atoms with Crippen LogP contribution < -0.4 is 10.1 Å². The highest BCUT2D eigenvalue weighted by Gasteiger charge is 2.36. The van der Waals surface area contributed by atoms with Crippen molar-refractivity contribution in [1.29, 1.82) is 0 Å². The number of ether oxygens (including phenoxy) is 1. The molecule has 4 rings (SSSR count). The maximum Gasteiger partial charge on any atom is 0.223 e. The van der Waals surface area contributed by atoms with Gasteiger partial charge >= 0.3 is 0 Å². The average molecular weight is 357 g/mol. The van der Waals surface area contributed by atoms with Gasteiger partial charge in [0.05, 0.1) is 13.2 Å². The van der Waals surface area contributed by atoms with Gasteiger partial charge in [-0.1, -0.05) is 25.0 Å². The fourth-order valence-electron chi connectivity index (χ4n) is 5.29. The van der Waals surface area contributed by atoms with E-state index in [2.05, 4.69) is 22.3 Å². The number of likely N-dealkylation sites (tertiary alicyclic amines) is 1. The Morgan fingerprint density at radius 3 is 2.50 bits per heavy atom. The van der Waals surface area contributed by atoms with Crippen molar-refractivity contribution in [3.8, 4) is 5.75 Å². The van der Waals surface area contributed by atoms with Gasteiger partial charge in [0.25, 0.3) is 0 Å². The van der Waals surface area contributed by atoms with E-state index >= 15 is 0 Å². The number of piperidine rings is 1. The molecule has 0 aromatic heterocycles. The fourth-order valence-corrected chi connectivity index (χ4v) is 5.29. The van der Waals surface area contributed by atoms with E-state index in [1.807, 2.05) is 12.1 Å². The first kappa shape index (κ1) is 17.8. The van der Waals surface area contributed by atoms with E-state index in [9.17, 15) is 4.79 Å². The standard InChI is InChI=1S/C22H32N2O2/c1-26-20-10-6-17(7-11-20)21-5-3-2-4-12-24(21)22(25)15-16-13-18-8-9-19(14-16)23-18/h6-7,10-11,16,18-19,21,23H,2-5,8-9,12-15H2,1H3. The molecule has 1 amide bonds. The van der Waals surface area contributed by atoms with Crippen LogP contribution >= 0.6 is 0 Å². The van der Waals surface area contributed by atoms with Crippen LogP contribution in [0, 0.1) is 5.92 Å². The Kier molecular flexibility index (Phi) is 5.49. The van der Waals surface area contributed by atoms with Crippen molar-refractivity contribution >= 4 is 5.91 Å². The molecule has 1 aromatic carbocycles. The highest BCUT2D eigenvalue weighted by Crippen LogP contribution is 2.36. The van der Waals surface area contributed by atoms with Crippen molar-refractivity contribution in [3.63, 3.8) is 0 Å². The smallest absolute Gasteiger partial charge is 0.223 e. The van der Waals surface area contributed by atoms with Gasteiger partial charge in [-0.05, 0) is 62.1 Å². The number of nitrogens with zero attached hydrogens (tertiary/aromatic N) is 1. The van der Waals surface area contributed by atoms with Gasteiger partial charge in [0.1, 0.15) is 5.75 Å². The summed E-state index contributed by atoms with van der Waals surface area (Å²) < 4.78 is 5.30. The third kappa shape index (κ3) is 3.90. The van der Waals surface area contributed by atoms with Crippen LogP contribution in [0.5, 0.6) is 5.75 Å². The largest absolute Gasteiger partial charge is 0.497 e. The number of methoxy groups -OCH3 is 1. The Morgan fingerprint density at radius 1 is 1.08 bits per heavy atom. The predicted octanol–water partition coefficient (Wildman–Crippen LogP) is 4.06. The van der Waals surface area contributed by atoms with Crippen molar-refractivity contribution in [2.24, 2.45) is 5.92 Å². The fraction of sp³-hybridized carbons (Fsp3) is 0.682. The molecule has 3 unspecified atom stereocenters. The second kappa shape index (κ2) is 7.99. The lowest BCUT2D eigenvalue weighted by Gasteiger charge is -2.34. The quantitative estimate of drug-likeness (QED) is 0.884. The Labute approximate surface area is 157 Å². The van der Waals surface area contributed by atoms with Gasteiger partial charge in [-0.15, -0.1) is 0 Å². The van der Waals surface area contributed by atoms with E-state index in [0.29, 0.717) is 23.9 Å². The van der Waals surface area contributed by atoms with E-state index in [0.717, 1.165) is 31.6 Å². The lowest BCUT2D eigenvalue weighted by molar-refractivity contribution is -0.135. The van der Waals surface area contributed by atoms with Gasteiger partial charge in [-0.2, -0.15) is 0 Å². The second-order valence-corrected chi connectivity index (χ2v) is 8.40. The molecule has 3 fully saturated rings. The van der Waals surface area contributed by atoms with E-state index < -0.39 is 0 Å². The van der Waals surface area contributed by atoms with E-state index in [4.69, 9.17) is 4.74 Å². The minimum Gasteiger partial charge on any atom is -0.497 e. The monoisotopic (exact) mass is 356 g/mol. The SMILES string of the molecule is COc1ccc(C2CCCCCN2C(=O)CC2CC3CCC(C2)N3)cc1. The molecule has 3 heterocycles. The summed E-state index contributed by atoms with van der Waals surface area (Å²) in [6.45, 7) is 0.910. The van der Waals surface area contributed by atoms with Crippen LogP contribution in [-0.2, 0) is 4.79 Å². The van der Waals surface area contributed by atoms with Crippen LogP contribution in [0.2, 0.25) is 0 Å². The summed E-state index contributed by atoms with van der Waals surface area (Å²) in [7, 11) is 1.70. The van der Waals surface area contributed by atoms with Crippen LogP contribution in [0.3, 0.4) is 0 Å². The van der Waals surface area contributed by atoms with Crippen LogP contribution in [0.1, 0.15) is 69.4 Å². The molecule has 26 heavy (non-hydrogen) atoms. The Bertz CT molecular complexity index is 603. The summed E-state index contributed by atoms with van der Waals surface area (Å²) in [5, 5.41) is 3.69. The summed E-state index contributed by atoms with van der Waals surface area (Å²) >= 11 is 0. The van der Waals surface area contributed by atoms with Crippen molar-refractivity contribution in [2.45, 2.75) is 75.9 Å². The summed E-state index contributed by atoms with van der Waals surface area (Å²) in [6.07, 6.45) is 10.4. The topological polar surface area (TPSA) is 41.6 Å². The third-order valence-corrected chi connectivity index (χ3v) is 6.61. The normalized spacial score (nSPS) is 31.5. The second-order valence-electron chi connectivity index (χ2n) is 8.40. The molecular weight excluding hydrogens is 324 g/mol. The van der Waals surface area contributed by atoms with Crippen LogP contribution in [-0.4, -0.2) is 36.5 Å². The van der Waals surface area contributed by atoms with Gasteiger partial charge < -0.3 is 15.0 Å². The van der Waals surface area contributed by atoms with Gasteiger partial charge in [0.15, 0.2) is 0 Å². The first-order valence-corrected chi connectivity index (χ1v) is 10.4. The van der Waals surface area contributed by atoms with Gasteiger partial charge in [-0.3, -0.25) is 4.79 Å². The lowest BCUT2D eigenvalue weighted by atomic mass is 9.89. The first-order chi connectivity index (χ1) is 12.7. The molecule has 0 radical (unpaired) electrons. The number of fused-ring (bicyclic) bond motifs is 2. The summed E-state index contributed by atoms with van der Waals surface area (Å²) in [6, 6.07) is 9.87. The lowest BCUT2D eigenvalue weighted by Crippen LogP contribution is -2.41. The number of benzene rings is 1. The number of nitrogens with one attached hydrogen (secondary N) is 1. The number of hydrogen-bond acceptors (Lipinski definition) is 3. The number of amides is 1. The number of carbonyl (C=O) groups is 1. The minimum absolute atomic E-state index is 0.231. The number of hydrogen-bond donors (Lipinski definition) is 1. The van der Waals surface area contributed by atoms with E-state index in [1.165, 1.54) is 44.1 Å². The zero-order chi connectivity index (χ0) is 17.9. The molecule has 1 aromatic rings. The summed E-state index contributed by atoms with van der Waals surface area (Å²) in [4.78, 5) is 15.4. The van der Waals surface area contributed by atoms with Crippen LogP contribution in [0.4, 0.5) is 0 Å². The van der Waals surface area contributed by atoms with Crippen molar-refractivity contribution in [2.75, 3.05) is 13.7 Å². The zero-order valence-electron chi connectivity index (χ0n) is 16.0. The van der Waals surface area contributed by atoms with Gasteiger partial charge in [0.2, 0.25) is 5.91 Å². The molecule has 0 aliphatic carbocycles. The summed E-state index contributed by atoms with van der Waals surface area (Å²) in [5.74, 6) is 1.82. The molecule has 1 N–H and O–H groups in total. The molecule has 4 heteroatoms. The summed E-state index contributed by atoms with van der Waals surface area (Å²) in [5.41, 5.74) is 1.26. The molecule has 3 aliphatic rings. The molecule has 3 atom stereocenters. The maximum atomic E-state index is 13.2. The highest BCUT2D eigenvalue weighted by atomic mass is 16.5. The minimum atomic E-state index is 0.231. The molecule has 0 saturated carbocycles. The van der Waals surface area contributed by atoms with Crippen LogP contribution in [0.15, 0.2) is 24.3 Å². The molecule has 4 nitrogen and oxygen atoms in total. The molecule has 142 valence electrons. The van der Waals surface area contributed by atoms with Crippen LogP contribution in [0.25, 0.3) is 0 Å². The number of rotatable bonds is 4. The van der Waals surface area contributed by atoms with Crippen molar-refractivity contribution in [1.82, 2.24) is 10.2 Å². The molecule has 3 aliphatic heterocycles. The highest BCUT2D eigenvalue weighted by molar-refractivity contribution is 5.77. The average Bonchev–Trinajstić information content (AvgIpc) is 2.86. The predicted molar refractivity (Wildman–Crippen MR) is 103 cm³/mol.